The summed E-state index contributed by atoms with van der Waals surface area (Å²) >= 11 is 0. The Bertz CT molecular complexity index is 823. The zero-order chi connectivity index (χ0) is 28.7. The SMILES string of the molecule is CC(=O)[C@]1(CO)O[C@H](OC2[C@@H](CO)O[C@@H](OC3[C@@H](CO)O[C@@H](O)[C@H](N)[C@H]3O)[C@H](N)[C@H]2O)[C@H](N)[C@@H](O)[C@]1(N)O. The van der Waals surface area contributed by atoms with Crippen LogP contribution < -0.4 is 22.9 Å². The summed E-state index contributed by atoms with van der Waals surface area (Å²) in [6, 6.07) is -4.37. The van der Waals surface area contributed by atoms with E-state index in [1.807, 2.05) is 0 Å². The molecule has 18 nitrogen and oxygen atoms in total. The molecule has 0 spiro atoms. The molecule has 18 heteroatoms. The number of nitrogens with two attached hydrogens (primary N) is 4. The van der Waals surface area contributed by atoms with Crippen LogP contribution in [0.4, 0.5) is 0 Å². The Kier molecular flexibility index (Phi) is 9.82. The van der Waals surface area contributed by atoms with E-state index in [2.05, 4.69) is 0 Å². The number of ether oxygens (including phenoxy) is 5. The normalized spacial score (nSPS) is 52.1. The van der Waals surface area contributed by atoms with Crippen LogP contribution >= 0.6 is 0 Å². The standard InChI is InChI=1S/C20H38N4O14/c1-5(28)19(4-27)20(24,33)15(31)10(23)18(38-19)37-14-7(3-26)35-17(9(22)12(14)30)36-13-6(2-25)34-16(32)8(21)11(13)29/h6-18,25-27,29-33H,2-4,21-24H2,1H3/t6-,7-,8-,9-,10-,11-,12-,13?,14?,15-,16-,17+,18+,19+,20+/m1/s1. The minimum Gasteiger partial charge on any atom is -0.394 e. The number of Topliss-reactive ketones (excluding diaryl/α,β-unsaturated/α-hetero) is 1. The minimum absolute atomic E-state index is 0.694. The van der Waals surface area contributed by atoms with Crippen LogP contribution in [0.5, 0.6) is 0 Å². The molecule has 0 aromatic rings. The Morgan fingerprint density at radius 1 is 0.842 bits per heavy atom. The summed E-state index contributed by atoms with van der Waals surface area (Å²) in [5.74, 6) is -0.969. The first kappa shape index (κ1) is 31.5. The number of carbonyl (C=O) groups excluding carboxylic acids is 1. The molecule has 3 fully saturated rings. The molecule has 38 heavy (non-hydrogen) atoms. The van der Waals surface area contributed by atoms with Crippen LogP contribution in [0.25, 0.3) is 0 Å². The topological polar surface area (TPSA) is 329 Å². The Balaban J connectivity index is 1.80. The molecule has 0 radical (unpaired) electrons. The first-order valence-electron chi connectivity index (χ1n) is 11.8. The first-order chi connectivity index (χ1) is 17.7. The molecule has 15 atom stereocenters. The van der Waals surface area contributed by atoms with Gasteiger partial charge in [0.1, 0.15) is 42.7 Å². The van der Waals surface area contributed by atoms with Crippen LogP contribution in [0.1, 0.15) is 6.92 Å². The van der Waals surface area contributed by atoms with E-state index in [0.29, 0.717) is 0 Å². The lowest BCUT2D eigenvalue weighted by Crippen LogP contribution is -2.82. The summed E-state index contributed by atoms with van der Waals surface area (Å²) in [5.41, 5.74) is 18.0. The molecule has 3 aliphatic heterocycles. The third-order valence-electron chi connectivity index (χ3n) is 7.29. The highest BCUT2D eigenvalue weighted by molar-refractivity contribution is 5.87. The molecule has 0 aromatic carbocycles. The van der Waals surface area contributed by atoms with E-state index in [9.17, 15) is 45.6 Å². The number of hydrogen-bond acceptors (Lipinski definition) is 18. The fourth-order valence-corrected chi connectivity index (χ4v) is 4.77. The maximum atomic E-state index is 12.3. The van der Waals surface area contributed by atoms with Crippen LogP contribution in [0.15, 0.2) is 0 Å². The highest BCUT2D eigenvalue weighted by Gasteiger charge is 2.65. The van der Waals surface area contributed by atoms with Crippen LogP contribution in [0.2, 0.25) is 0 Å². The van der Waals surface area contributed by atoms with Crippen LogP contribution in [-0.2, 0) is 28.5 Å². The molecule has 16 N–H and O–H groups in total. The van der Waals surface area contributed by atoms with E-state index in [1.165, 1.54) is 0 Å². The summed E-state index contributed by atoms with van der Waals surface area (Å²) in [6.07, 6.45) is -15.8. The van der Waals surface area contributed by atoms with Gasteiger partial charge in [-0.15, -0.1) is 0 Å². The fourth-order valence-electron chi connectivity index (χ4n) is 4.77. The molecular formula is C20H38N4O14. The maximum absolute atomic E-state index is 12.3. The summed E-state index contributed by atoms with van der Waals surface area (Å²) in [6.45, 7) is -1.73. The Labute approximate surface area is 216 Å². The zero-order valence-corrected chi connectivity index (χ0v) is 20.5. The van der Waals surface area contributed by atoms with Crippen molar-refractivity contribution in [1.82, 2.24) is 0 Å². The van der Waals surface area contributed by atoms with Crippen molar-refractivity contribution >= 4 is 5.78 Å². The number of rotatable bonds is 8. The quantitative estimate of drug-likeness (QED) is 0.123. The second kappa shape index (κ2) is 11.8. The second-order valence-electron chi connectivity index (χ2n) is 9.69. The lowest BCUT2D eigenvalue weighted by Gasteiger charge is -2.53. The molecule has 3 rings (SSSR count). The average molecular weight is 559 g/mol. The lowest BCUT2D eigenvalue weighted by molar-refractivity contribution is -0.367. The maximum Gasteiger partial charge on any atom is 0.196 e. The molecular weight excluding hydrogens is 520 g/mol. The molecule has 0 saturated carbocycles. The number of aliphatic hydroxyl groups excluding tert-OH is 7. The van der Waals surface area contributed by atoms with E-state index < -0.39 is 117 Å². The van der Waals surface area contributed by atoms with Crippen molar-refractivity contribution in [3.05, 3.63) is 0 Å². The second-order valence-corrected chi connectivity index (χ2v) is 9.69. The van der Waals surface area contributed by atoms with Crippen molar-refractivity contribution in [2.24, 2.45) is 22.9 Å². The van der Waals surface area contributed by atoms with Gasteiger partial charge in [-0.25, -0.2) is 0 Å². The van der Waals surface area contributed by atoms with Crippen LogP contribution in [-0.4, -0.2) is 158 Å². The van der Waals surface area contributed by atoms with Gasteiger partial charge in [0, 0.05) is 0 Å². The smallest absolute Gasteiger partial charge is 0.196 e. The van der Waals surface area contributed by atoms with Gasteiger partial charge in [0.15, 0.2) is 36.0 Å². The van der Waals surface area contributed by atoms with E-state index in [0.717, 1.165) is 6.92 Å². The van der Waals surface area contributed by atoms with Crippen molar-refractivity contribution in [2.75, 3.05) is 19.8 Å². The third kappa shape index (κ3) is 5.22. The summed E-state index contributed by atoms with van der Waals surface area (Å²) < 4.78 is 27.5. The van der Waals surface area contributed by atoms with Gasteiger partial charge in [0.2, 0.25) is 0 Å². The molecule has 3 heterocycles. The van der Waals surface area contributed by atoms with Gasteiger partial charge in [0.25, 0.3) is 0 Å². The molecule has 222 valence electrons. The fraction of sp³-hybridized carbons (Fsp3) is 0.950. The minimum atomic E-state index is -2.82. The number of aliphatic hydroxyl groups is 8. The lowest BCUT2D eigenvalue weighted by atomic mass is 9.78. The van der Waals surface area contributed by atoms with Crippen LogP contribution in [0.3, 0.4) is 0 Å². The monoisotopic (exact) mass is 558 g/mol. The Morgan fingerprint density at radius 2 is 1.34 bits per heavy atom. The van der Waals surface area contributed by atoms with E-state index in [1.54, 1.807) is 0 Å². The van der Waals surface area contributed by atoms with Crippen molar-refractivity contribution in [3.63, 3.8) is 0 Å². The van der Waals surface area contributed by atoms with Gasteiger partial charge >= 0.3 is 0 Å². The Morgan fingerprint density at radius 3 is 1.84 bits per heavy atom. The Hall–Kier alpha value is -1.01. The first-order valence-corrected chi connectivity index (χ1v) is 11.8. The van der Waals surface area contributed by atoms with Gasteiger partial charge in [-0.1, -0.05) is 0 Å². The summed E-state index contributed by atoms with van der Waals surface area (Å²) in [5, 5.41) is 81.5. The van der Waals surface area contributed by atoms with Crippen LogP contribution in [0, 0.1) is 0 Å². The van der Waals surface area contributed by atoms with E-state index >= 15 is 0 Å². The molecule has 0 aromatic heterocycles. The van der Waals surface area contributed by atoms with Gasteiger partial charge < -0.3 is 81.7 Å². The highest BCUT2D eigenvalue weighted by atomic mass is 16.7. The molecule has 2 unspecified atom stereocenters. The number of ketones is 1. The average Bonchev–Trinajstić information content (AvgIpc) is 2.88. The van der Waals surface area contributed by atoms with Gasteiger partial charge in [-0.3, -0.25) is 10.5 Å². The summed E-state index contributed by atoms with van der Waals surface area (Å²) in [4.78, 5) is 12.3. The van der Waals surface area contributed by atoms with Crippen molar-refractivity contribution < 1.29 is 69.3 Å². The van der Waals surface area contributed by atoms with Crippen molar-refractivity contribution in [3.8, 4) is 0 Å². The van der Waals surface area contributed by atoms with Crippen molar-refractivity contribution in [1.29, 1.82) is 0 Å². The van der Waals surface area contributed by atoms with Gasteiger partial charge in [-0.2, -0.15) is 0 Å². The van der Waals surface area contributed by atoms with Gasteiger partial charge in [0.05, 0.1) is 37.9 Å². The number of carbonyl (C=O) groups is 1. The largest absolute Gasteiger partial charge is 0.394 e. The molecule has 0 aliphatic carbocycles. The number of hydrogen-bond donors (Lipinski definition) is 12. The summed E-state index contributed by atoms with van der Waals surface area (Å²) in [7, 11) is 0. The molecule has 0 amide bonds. The van der Waals surface area contributed by atoms with E-state index in [4.69, 9.17) is 46.6 Å². The molecule has 3 aliphatic rings. The third-order valence-corrected chi connectivity index (χ3v) is 7.29. The molecule has 0 bridgehead atoms. The predicted octanol–water partition coefficient (Wildman–Crippen LogP) is -8.43. The predicted molar refractivity (Wildman–Crippen MR) is 120 cm³/mol. The van der Waals surface area contributed by atoms with E-state index in [-0.39, 0.29) is 0 Å². The zero-order valence-electron chi connectivity index (χ0n) is 20.5. The molecule has 3 saturated heterocycles. The highest BCUT2D eigenvalue weighted by Crippen LogP contribution is 2.37. The van der Waals surface area contributed by atoms with Gasteiger partial charge in [-0.05, 0) is 6.92 Å². The van der Waals surface area contributed by atoms with Crippen molar-refractivity contribution in [2.45, 2.75) is 98.0 Å².